The second-order valence-electron chi connectivity index (χ2n) is 4.61. The third-order valence-electron chi connectivity index (χ3n) is 2.62. The Kier molecular flexibility index (Phi) is 4.45. The van der Waals surface area contributed by atoms with Crippen molar-refractivity contribution in [3.05, 3.63) is 0 Å². The van der Waals surface area contributed by atoms with Crippen LogP contribution in [0.3, 0.4) is 0 Å². The highest BCUT2D eigenvalue weighted by molar-refractivity contribution is 14.1. The topological polar surface area (TPSA) is 6.48 Å². The van der Waals surface area contributed by atoms with Gasteiger partial charge in [0.25, 0.3) is 0 Å². The molecule has 3 heteroatoms. The van der Waals surface area contributed by atoms with Crippen LogP contribution in [0.15, 0.2) is 0 Å². The van der Waals surface area contributed by atoms with E-state index in [0.29, 0.717) is 3.42 Å². The van der Waals surface area contributed by atoms with Gasteiger partial charge in [0.05, 0.1) is 0 Å². The average molecular weight is 296 g/mol. The molecule has 1 rings (SSSR count). The smallest absolute Gasteiger partial charge is 0.0178 e. The molecule has 0 N–H and O–H groups in total. The van der Waals surface area contributed by atoms with Crippen molar-refractivity contribution in [2.45, 2.75) is 23.7 Å². The molecule has 0 spiro atoms. The summed E-state index contributed by atoms with van der Waals surface area (Å²) < 4.78 is 0.459. The van der Waals surface area contributed by atoms with E-state index in [4.69, 9.17) is 0 Å². The number of rotatable bonds is 3. The standard InChI is InChI=1S/C10H21IN2/c1-10(2,11)4-5-13-8-6-12(3)7-9-13/h4-9H2,1-3H3. The van der Waals surface area contributed by atoms with Gasteiger partial charge in [0.2, 0.25) is 0 Å². The SMILES string of the molecule is CN1CCN(CCC(C)(C)I)CC1. The van der Waals surface area contributed by atoms with Crippen LogP contribution in [0.1, 0.15) is 20.3 Å². The minimum absolute atomic E-state index is 0.459. The summed E-state index contributed by atoms with van der Waals surface area (Å²) in [5, 5.41) is 0. The summed E-state index contributed by atoms with van der Waals surface area (Å²) in [5.41, 5.74) is 0. The maximum atomic E-state index is 2.58. The van der Waals surface area contributed by atoms with E-state index in [1.807, 2.05) is 0 Å². The molecule has 78 valence electrons. The summed E-state index contributed by atoms with van der Waals surface area (Å²) in [5.74, 6) is 0. The van der Waals surface area contributed by atoms with E-state index in [0.717, 1.165) is 0 Å². The van der Waals surface area contributed by atoms with E-state index >= 15 is 0 Å². The van der Waals surface area contributed by atoms with Gasteiger partial charge < -0.3 is 9.80 Å². The molecule has 0 aromatic carbocycles. The molecule has 1 aliphatic heterocycles. The first-order valence-corrected chi connectivity index (χ1v) is 6.15. The van der Waals surface area contributed by atoms with Crippen LogP contribution in [-0.4, -0.2) is 53.0 Å². The molecule has 0 unspecified atom stereocenters. The Morgan fingerprint density at radius 2 is 1.69 bits per heavy atom. The maximum absolute atomic E-state index is 2.58. The van der Waals surface area contributed by atoms with Gasteiger partial charge >= 0.3 is 0 Å². The van der Waals surface area contributed by atoms with E-state index in [9.17, 15) is 0 Å². The number of piperazine rings is 1. The molecule has 1 aliphatic rings. The number of alkyl halides is 1. The minimum atomic E-state index is 0.459. The molecule has 2 nitrogen and oxygen atoms in total. The Bertz CT molecular complexity index is 145. The van der Waals surface area contributed by atoms with Gasteiger partial charge in [-0.05, 0) is 20.0 Å². The molecule has 0 aromatic heterocycles. The van der Waals surface area contributed by atoms with Crippen molar-refractivity contribution in [1.82, 2.24) is 9.80 Å². The van der Waals surface area contributed by atoms with Gasteiger partial charge in [-0.3, -0.25) is 0 Å². The van der Waals surface area contributed by atoms with E-state index in [2.05, 4.69) is 53.3 Å². The molecule has 0 radical (unpaired) electrons. The lowest BCUT2D eigenvalue weighted by Crippen LogP contribution is -2.45. The van der Waals surface area contributed by atoms with Crippen LogP contribution in [0, 0.1) is 0 Å². The zero-order valence-electron chi connectivity index (χ0n) is 9.02. The molecule has 1 fully saturated rings. The van der Waals surface area contributed by atoms with Crippen molar-refractivity contribution in [3.8, 4) is 0 Å². The van der Waals surface area contributed by atoms with Crippen molar-refractivity contribution >= 4 is 22.6 Å². The molecule has 0 amide bonds. The van der Waals surface area contributed by atoms with Crippen molar-refractivity contribution in [2.75, 3.05) is 39.8 Å². The number of likely N-dealkylation sites (N-methyl/N-ethyl adjacent to an activating group) is 1. The van der Waals surface area contributed by atoms with Crippen LogP contribution in [0.2, 0.25) is 0 Å². The summed E-state index contributed by atoms with van der Waals surface area (Å²) in [6.45, 7) is 10.9. The Morgan fingerprint density at radius 1 is 1.15 bits per heavy atom. The zero-order chi connectivity index (χ0) is 9.90. The minimum Gasteiger partial charge on any atom is -0.304 e. The van der Waals surface area contributed by atoms with Crippen LogP contribution < -0.4 is 0 Å². The first-order chi connectivity index (χ1) is 5.97. The summed E-state index contributed by atoms with van der Waals surface area (Å²) in [6.07, 6.45) is 1.30. The third kappa shape index (κ3) is 5.18. The molecule has 0 saturated carbocycles. The Labute approximate surface area is 95.8 Å². The lowest BCUT2D eigenvalue weighted by atomic mass is 10.1. The van der Waals surface area contributed by atoms with Crippen LogP contribution in [0.5, 0.6) is 0 Å². The largest absolute Gasteiger partial charge is 0.304 e. The molecule has 0 atom stereocenters. The highest BCUT2D eigenvalue weighted by atomic mass is 127. The van der Waals surface area contributed by atoms with Gasteiger partial charge in [-0.25, -0.2) is 0 Å². The van der Waals surface area contributed by atoms with E-state index in [1.54, 1.807) is 0 Å². The monoisotopic (exact) mass is 296 g/mol. The lowest BCUT2D eigenvalue weighted by Gasteiger charge is -2.33. The summed E-state index contributed by atoms with van der Waals surface area (Å²) >= 11 is 2.54. The molecule has 13 heavy (non-hydrogen) atoms. The van der Waals surface area contributed by atoms with E-state index in [-0.39, 0.29) is 0 Å². The number of hydrogen-bond donors (Lipinski definition) is 0. The molecule has 1 saturated heterocycles. The molecular formula is C10H21IN2. The summed E-state index contributed by atoms with van der Waals surface area (Å²) in [7, 11) is 2.21. The quantitative estimate of drug-likeness (QED) is 0.579. The van der Waals surface area contributed by atoms with Gasteiger partial charge in [-0.2, -0.15) is 0 Å². The molecule has 0 aromatic rings. The average Bonchev–Trinajstić information content (AvgIpc) is 2.02. The van der Waals surface area contributed by atoms with Gasteiger partial charge in [-0.15, -0.1) is 0 Å². The summed E-state index contributed by atoms with van der Waals surface area (Å²) in [4.78, 5) is 4.99. The summed E-state index contributed by atoms with van der Waals surface area (Å²) in [6, 6.07) is 0. The fourth-order valence-corrected chi connectivity index (χ4v) is 1.74. The van der Waals surface area contributed by atoms with Gasteiger partial charge in [-0.1, -0.05) is 36.4 Å². The normalized spacial score (nSPS) is 22.2. The van der Waals surface area contributed by atoms with E-state index in [1.165, 1.54) is 39.1 Å². The highest BCUT2D eigenvalue weighted by Gasteiger charge is 2.17. The Balaban J connectivity index is 2.16. The van der Waals surface area contributed by atoms with Crippen molar-refractivity contribution < 1.29 is 0 Å². The van der Waals surface area contributed by atoms with Crippen LogP contribution in [-0.2, 0) is 0 Å². The zero-order valence-corrected chi connectivity index (χ0v) is 11.2. The highest BCUT2D eigenvalue weighted by Crippen LogP contribution is 2.21. The number of nitrogens with zero attached hydrogens (tertiary/aromatic N) is 2. The van der Waals surface area contributed by atoms with Gasteiger partial charge in [0.15, 0.2) is 0 Å². The van der Waals surface area contributed by atoms with Crippen molar-refractivity contribution in [3.63, 3.8) is 0 Å². The first kappa shape index (κ1) is 11.7. The third-order valence-corrected chi connectivity index (χ3v) is 3.16. The van der Waals surface area contributed by atoms with Crippen LogP contribution >= 0.6 is 22.6 Å². The fourth-order valence-electron chi connectivity index (χ4n) is 1.50. The number of halogens is 1. The van der Waals surface area contributed by atoms with Crippen LogP contribution in [0.4, 0.5) is 0 Å². The lowest BCUT2D eigenvalue weighted by molar-refractivity contribution is 0.151. The predicted octanol–water partition coefficient (Wildman–Crippen LogP) is 1.84. The maximum Gasteiger partial charge on any atom is 0.0178 e. The first-order valence-electron chi connectivity index (χ1n) is 5.07. The van der Waals surface area contributed by atoms with Gasteiger partial charge in [0.1, 0.15) is 0 Å². The fraction of sp³-hybridized carbons (Fsp3) is 1.00. The van der Waals surface area contributed by atoms with Crippen molar-refractivity contribution in [1.29, 1.82) is 0 Å². The van der Waals surface area contributed by atoms with Crippen molar-refractivity contribution in [2.24, 2.45) is 0 Å². The molecule has 0 aliphatic carbocycles. The Morgan fingerprint density at radius 3 is 2.15 bits per heavy atom. The van der Waals surface area contributed by atoms with Crippen LogP contribution in [0.25, 0.3) is 0 Å². The van der Waals surface area contributed by atoms with Gasteiger partial charge in [0, 0.05) is 29.6 Å². The predicted molar refractivity (Wildman–Crippen MR) is 66.7 cm³/mol. The Hall–Kier alpha value is 0.650. The van der Waals surface area contributed by atoms with E-state index < -0.39 is 0 Å². The number of hydrogen-bond acceptors (Lipinski definition) is 2. The molecule has 1 heterocycles. The second-order valence-corrected chi connectivity index (χ2v) is 7.53. The molecule has 0 bridgehead atoms. The second kappa shape index (κ2) is 4.94. The molecular weight excluding hydrogens is 275 g/mol.